The molecule has 2 rings (SSSR count). The highest BCUT2D eigenvalue weighted by molar-refractivity contribution is 9.10. The second-order valence-electron chi connectivity index (χ2n) is 4.60. The highest BCUT2D eigenvalue weighted by atomic mass is 79.9. The number of benzene rings is 2. The topological polar surface area (TPSA) is 41.1 Å². The summed E-state index contributed by atoms with van der Waals surface area (Å²) in [5.41, 5.74) is 2.04. The van der Waals surface area contributed by atoms with E-state index < -0.39 is 0 Å². The minimum atomic E-state index is -0.0371. The van der Waals surface area contributed by atoms with Crippen LogP contribution in [0.15, 0.2) is 53.0 Å². The van der Waals surface area contributed by atoms with Gasteiger partial charge in [0.1, 0.15) is 0 Å². The normalized spacial score (nSPS) is 10.4. The number of hydrogen-bond acceptors (Lipinski definition) is 2. The molecule has 0 saturated heterocycles. The molecule has 5 heteroatoms. The molecule has 0 spiro atoms. The molecule has 1 amide bonds. The van der Waals surface area contributed by atoms with Gasteiger partial charge < -0.3 is 10.6 Å². The Labute approximate surface area is 137 Å². The van der Waals surface area contributed by atoms with Gasteiger partial charge in [0.15, 0.2) is 0 Å². The van der Waals surface area contributed by atoms with Crippen LogP contribution >= 0.6 is 27.5 Å². The number of nitrogens with one attached hydrogen (secondary N) is 2. The second-order valence-corrected chi connectivity index (χ2v) is 5.92. The van der Waals surface area contributed by atoms with Crippen LogP contribution in [0, 0.1) is 0 Å². The first kappa shape index (κ1) is 16.0. The highest BCUT2D eigenvalue weighted by Crippen LogP contribution is 2.20. The Morgan fingerprint density at radius 1 is 1.10 bits per heavy atom. The maximum Gasteiger partial charge on any atom is 0.234 e. The third kappa shape index (κ3) is 5.50. The van der Waals surface area contributed by atoms with Gasteiger partial charge in [-0.1, -0.05) is 57.9 Å². The molecule has 0 radical (unpaired) electrons. The third-order valence-corrected chi connectivity index (χ3v) is 3.80. The Morgan fingerprint density at radius 2 is 1.86 bits per heavy atom. The lowest BCUT2D eigenvalue weighted by Gasteiger charge is -2.08. The van der Waals surface area contributed by atoms with E-state index in [4.69, 9.17) is 11.6 Å². The van der Waals surface area contributed by atoms with Gasteiger partial charge in [0.25, 0.3) is 0 Å². The number of halogens is 2. The van der Waals surface area contributed by atoms with Crippen LogP contribution in [-0.2, 0) is 17.9 Å². The second kappa shape index (κ2) is 8.17. The predicted molar refractivity (Wildman–Crippen MR) is 89.1 cm³/mol. The van der Waals surface area contributed by atoms with E-state index in [9.17, 15) is 4.79 Å². The van der Waals surface area contributed by atoms with E-state index in [-0.39, 0.29) is 12.5 Å². The Hall–Kier alpha value is -1.36. The summed E-state index contributed by atoms with van der Waals surface area (Å²) in [5, 5.41) is 6.65. The van der Waals surface area contributed by atoms with Crippen LogP contribution in [0.4, 0.5) is 0 Å². The predicted octanol–water partition coefficient (Wildman–Crippen LogP) is 3.51. The Balaban J connectivity index is 1.73. The molecular weight excluding hydrogens is 352 g/mol. The summed E-state index contributed by atoms with van der Waals surface area (Å²) < 4.78 is 0.970. The molecule has 0 aromatic heterocycles. The largest absolute Gasteiger partial charge is 0.351 e. The quantitative estimate of drug-likeness (QED) is 0.820. The fourth-order valence-electron chi connectivity index (χ4n) is 1.85. The van der Waals surface area contributed by atoms with Gasteiger partial charge >= 0.3 is 0 Å². The van der Waals surface area contributed by atoms with Crippen molar-refractivity contribution in [3.63, 3.8) is 0 Å². The van der Waals surface area contributed by atoms with Crippen LogP contribution in [0.5, 0.6) is 0 Å². The molecule has 0 aliphatic rings. The van der Waals surface area contributed by atoms with Crippen molar-refractivity contribution >= 4 is 33.4 Å². The zero-order valence-electron chi connectivity index (χ0n) is 11.4. The van der Waals surface area contributed by atoms with E-state index in [0.717, 1.165) is 15.6 Å². The van der Waals surface area contributed by atoms with E-state index in [1.54, 1.807) is 0 Å². The van der Waals surface area contributed by atoms with E-state index in [0.29, 0.717) is 18.1 Å². The standard InChI is InChI=1S/C16H16BrClN2O/c17-14-6-7-15(18)13(8-14)10-19-11-16(21)20-9-12-4-2-1-3-5-12/h1-8,19H,9-11H2,(H,20,21). The van der Waals surface area contributed by atoms with E-state index in [1.165, 1.54) is 0 Å². The summed E-state index contributed by atoms with van der Waals surface area (Å²) in [6, 6.07) is 15.5. The van der Waals surface area contributed by atoms with Gasteiger partial charge in [0.05, 0.1) is 6.54 Å². The molecule has 0 bridgehead atoms. The highest BCUT2D eigenvalue weighted by Gasteiger charge is 2.04. The first-order valence-corrected chi connectivity index (χ1v) is 7.77. The molecule has 0 aliphatic heterocycles. The molecule has 2 aromatic carbocycles. The maximum absolute atomic E-state index is 11.7. The summed E-state index contributed by atoms with van der Waals surface area (Å²) >= 11 is 9.49. The van der Waals surface area contributed by atoms with Crippen molar-refractivity contribution in [2.24, 2.45) is 0 Å². The van der Waals surface area contributed by atoms with Crippen molar-refractivity contribution in [2.45, 2.75) is 13.1 Å². The fraction of sp³-hybridized carbons (Fsp3) is 0.188. The first-order valence-electron chi connectivity index (χ1n) is 6.60. The third-order valence-electron chi connectivity index (χ3n) is 2.94. The summed E-state index contributed by atoms with van der Waals surface area (Å²) in [4.78, 5) is 11.7. The van der Waals surface area contributed by atoms with Gasteiger partial charge in [-0.25, -0.2) is 0 Å². The molecule has 0 aliphatic carbocycles. The lowest BCUT2D eigenvalue weighted by molar-refractivity contribution is -0.120. The SMILES string of the molecule is O=C(CNCc1cc(Br)ccc1Cl)NCc1ccccc1. The van der Waals surface area contributed by atoms with E-state index in [1.807, 2.05) is 48.5 Å². The van der Waals surface area contributed by atoms with Crippen LogP contribution in [0.25, 0.3) is 0 Å². The molecule has 2 N–H and O–H groups in total. The van der Waals surface area contributed by atoms with E-state index in [2.05, 4.69) is 26.6 Å². The summed E-state index contributed by atoms with van der Waals surface area (Å²) in [5.74, 6) is -0.0371. The van der Waals surface area contributed by atoms with Crippen LogP contribution in [0.1, 0.15) is 11.1 Å². The molecule has 2 aromatic rings. The van der Waals surface area contributed by atoms with Crippen LogP contribution in [-0.4, -0.2) is 12.5 Å². The molecule has 0 saturated carbocycles. The zero-order valence-corrected chi connectivity index (χ0v) is 13.7. The minimum absolute atomic E-state index is 0.0371. The zero-order chi connectivity index (χ0) is 15.1. The van der Waals surface area contributed by atoms with Crippen molar-refractivity contribution in [2.75, 3.05) is 6.54 Å². The summed E-state index contributed by atoms with van der Waals surface area (Å²) in [6.07, 6.45) is 0. The van der Waals surface area contributed by atoms with E-state index >= 15 is 0 Å². The number of carbonyl (C=O) groups is 1. The molecule has 0 unspecified atom stereocenters. The number of hydrogen-bond donors (Lipinski definition) is 2. The lowest BCUT2D eigenvalue weighted by atomic mass is 10.2. The number of amides is 1. The van der Waals surface area contributed by atoms with Gasteiger partial charge in [-0.2, -0.15) is 0 Å². The van der Waals surface area contributed by atoms with Crippen LogP contribution in [0.3, 0.4) is 0 Å². The molecular formula is C16H16BrClN2O. The summed E-state index contributed by atoms with van der Waals surface area (Å²) in [6.45, 7) is 1.35. The van der Waals surface area contributed by atoms with Crippen LogP contribution in [0.2, 0.25) is 5.02 Å². The van der Waals surface area contributed by atoms with Crippen molar-refractivity contribution < 1.29 is 4.79 Å². The minimum Gasteiger partial charge on any atom is -0.351 e. The van der Waals surface area contributed by atoms with Crippen molar-refractivity contribution in [3.05, 3.63) is 69.2 Å². The monoisotopic (exact) mass is 366 g/mol. The number of rotatable bonds is 6. The van der Waals surface area contributed by atoms with Gasteiger partial charge in [-0.05, 0) is 29.3 Å². The smallest absolute Gasteiger partial charge is 0.234 e. The Morgan fingerprint density at radius 3 is 2.62 bits per heavy atom. The average Bonchev–Trinajstić information content (AvgIpc) is 2.50. The molecule has 3 nitrogen and oxygen atoms in total. The van der Waals surface area contributed by atoms with Crippen molar-refractivity contribution in [1.29, 1.82) is 0 Å². The Bertz CT molecular complexity index is 604. The van der Waals surface area contributed by atoms with Gasteiger partial charge in [-0.15, -0.1) is 0 Å². The molecule has 110 valence electrons. The van der Waals surface area contributed by atoms with Crippen molar-refractivity contribution in [1.82, 2.24) is 10.6 Å². The molecule has 0 atom stereocenters. The molecule has 0 heterocycles. The lowest BCUT2D eigenvalue weighted by Crippen LogP contribution is -2.33. The molecule has 21 heavy (non-hydrogen) atoms. The van der Waals surface area contributed by atoms with Gasteiger partial charge in [-0.3, -0.25) is 4.79 Å². The first-order chi connectivity index (χ1) is 10.1. The molecule has 0 fully saturated rings. The summed E-state index contributed by atoms with van der Waals surface area (Å²) in [7, 11) is 0. The van der Waals surface area contributed by atoms with Gasteiger partial charge in [0, 0.05) is 22.6 Å². The van der Waals surface area contributed by atoms with Crippen LogP contribution < -0.4 is 10.6 Å². The Kier molecular flexibility index (Phi) is 6.23. The van der Waals surface area contributed by atoms with Gasteiger partial charge in [0.2, 0.25) is 5.91 Å². The van der Waals surface area contributed by atoms with Crippen molar-refractivity contribution in [3.8, 4) is 0 Å². The maximum atomic E-state index is 11.7. The number of carbonyl (C=O) groups excluding carboxylic acids is 1. The fourth-order valence-corrected chi connectivity index (χ4v) is 2.44. The average molecular weight is 368 g/mol.